The lowest BCUT2D eigenvalue weighted by Gasteiger charge is -2.28. The van der Waals surface area contributed by atoms with E-state index in [1.165, 1.54) is 0 Å². The number of carbonyl (C=O) groups is 2. The highest BCUT2D eigenvalue weighted by Crippen LogP contribution is 2.22. The first kappa shape index (κ1) is 17.5. The number of benzene rings is 1. The lowest BCUT2D eigenvalue weighted by molar-refractivity contribution is -0.117. The molecular weight excluding hydrogens is 292 g/mol. The van der Waals surface area contributed by atoms with E-state index in [0.717, 1.165) is 37.2 Å². The largest absolute Gasteiger partial charge is 0.462 e. The number of nitrogens with zero attached hydrogens (tertiary/aromatic N) is 1. The zero-order chi connectivity index (χ0) is 16.8. The predicted molar refractivity (Wildman–Crippen MR) is 90.6 cm³/mol. The maximum Gasteiger partial charge on any atom is 0.338 e. The van der Waals surface area contributed by atoms with Gasteiger partial charge in [0, 0.05) is 12.1 Å². The smallest absolute Gasteiger partial charge is 0.338 e. The highest BCUT2D eigenvalue weighted by Gasteiger charge is 2.20. The summed E-state index contributed by atoms with van der Waals surface area (Å²) in [6, 6.07) is 5.22. The number of anilines is 1. The van der Waals surface area contributed by atoms with Crippen LogP contribution in [-0.4, -0.2) is 43.5 Å². The van der Waals surface area contributed by atoms with Crippen molar-refractivity contribution in [3.8, 4) is 0 Å². The Morgan fingerprint density at radius 1 is 1.30 bits per heavy atom. The van der Waals surface area contributed by atoms with Crippen molar-refractivity contribution in [1.82, 2.24) is 4.90 Å². The summed E-state index contributed by atoms with van der Waals surface area (Å²) in [6.45, 7) is 6.14. The molecule has 0 radical (unpaired) electrons. The van der Waals surface area contributed by atoms with Crippen LogP contribution in [-0.2, 0) is 9.53 Å². The van der Waals surface area contributed by atoms with Gasteiger partial charge in [0.05, 0.1) is 12.2 Å². The van der Waals surface area contributed by atoms with Gasteiger partial charge in [0.1, 0.15) is 0 Å². The third kappa shape index (κ3) is 5.06. The molecule has 1 aromatic rings. The number of likely N-dealkylation sites (tertiary alicyclic amines) is 1. The predicted octanol–water partition coefficient (Wildman–Crippen LogP) is 2.84. The number of piperidine rings is 1. The third-order valence-corrected chi connectivity index (χ3v) is 4.32. The minimum atomic E-state index is -0.334. The normalized spacial score (nSPS) is 16.1. The minimum Gasteiger partial charge on any atom is -0.462 e. The van der Waals surface area contributed by atoms with Crippen molar-refractivity contribution in [2.45, 2.75) is 33.1 Å². The summed E-state index contributed by atoms with van der Waals surface area (Å²) in [5, 5.41) is 2.96. The molecule has 5 heteroatoms. The van der Waals surface area contributed by atoms with Crippen molar-refractivity contribution in [3.05, 3.63) is 29.3 Å². The second kappa shape index (κ2) is 8.11. The van der Waals surface area contributed by atoms with Crippen LogP contribution < -0.4 is 5.32 Å². The lowest BCUT2D eigenvalue weighted by Crippen LogP contribution is -2.32. The van der Waals surface area contributed by atoms with E-state index in [-0.39, 0.29) is 11.9 Å². The number of hydrogen-bond acceptors (Lipinski definition) is 4. The average Bonchev–Trinajstić information content (AvgIpc) is 2.52. The molecule has 0 atom stereocenters. The Labute approximate surface area is 138 Å². The second-order valence-corrected chi connectivity index (χ2v) is 6.25. The Kier molecular flexibility index (Phi) is 6.16. The van der Waals surface area contributed by atoms with E-state index in [1.807, 2.05) is 6.92 Å². The molecule has 1 heterocycles. The summed E-state index contributed by atoms with van der Waals surface area (Å²) in [7, 11) is 2.12. The molecule has 2 rings (SSSR count). The van der Waals surface area contributed by atoms with Gasteiger partial charge in [0.2, 0.25) is 5.91 Å². The number of rotatable bonds is 5. The summed E-state index contributed by atoms with van der Waals surface area (Å²) in [6.07, 6.45) is 2.71. The number of esters is 1. The van der Waals surface area contributed by atoms with Gasteiger partial charge in [-0.25, -0.2) is 4.79 Å². The molecule has 1 aromatic carbocycles. The minimum absolute atomic E-state index is 0.0477. The Balaban J connectivity index is 1.92. The Hall–Kier alpha value is -1.88. The lowest BCUT2D eigenvalue weighted by atomic mass is 9.93. The number of aryl methyl sites for hydroxylation is 1. The number of ether oxygens (including phenoxy) is 1. The van der Waals surface area contributed by atoms with Crippen LogP contribution >= 0.6 is 0 Å². The molecule has 1 fully saturated rings. The molecule has 1 N–H and O–H groups in total. The Bertz CT molecular complexity index is 563. The maximum atomic E-state index is 12.2. The highest BCUT2D eigenvalue weighted by atomic mass is 16.5. The molecule has 1 aliphatic heterocycles. The van der Waals surface area contributed by atoms with Crippen LogP contribution in [0.1, 0.15) is 42.1 Å². The zero-order valence-electron chi connectivity index (χ0n) is 14.2. The van der Waals surface area contributed by atoms with Crippen LogP contribution in [0.3, 0.4) is 0 Å². The summed E-state index contributed by atoms with van der Waals surface area (Å²) in [4.78, 5) is 26.2. The number of carbonyl (C=O) groups excluding carboxylic acids is 2. The van der Waals surface area contributed by atoms with Crippen molar-refractivity contribution in [2.75, 3.05) is 32.1 Å². The quantitative estimate of drug-likeness (QED) is 0.848. The molecule has 0 bridgehead atoms. The van der Waals surface area contributed by atoms with E-state index in [1.54, 1.807) is 25.1 Å². The topological polar surface area (TPSA) is 58.6 Å². The van der Waals surface area contributed by atoms with Crippen LogP contribution in [0.2, 0.25) is 0 Å². The fraction of sp³-hybridized carbons (Fsp3) is 0.556. The Morgan fingerprint density at radius 3 is 2.61 bits per heavy atom. The fourth-order valence-corrected chi connectivity index (χ4v) is 2.87. The number of nitrogens with one attached hydrogen (secondary N) is 1. The highest BCUT2D eigenvalue weighted by molar-refractivity contribution is 5.94. The van der Waals surface area contributed by atoms with Crippen LogP contribution in [0.5, 0.6) is 0 Å². The molecule has 0 aliphatic carbocycles. The third-order valence-electron chi connectivity index (χ3n) is 4.32. The van der Waals surface area contributed by atoms with Crippen LogP contribution in [0.4, 0.5) is 5.69 Å². The van der Waals surface area contributed by atoms with Crippen LogP contribution in [0.15, 0.2) is 18.2 Å². The molecule has 0 aromatic heterocycles. The Morgan fingerprint density at radius 2 is 2.00 bits per heavy atom. The number of amides is 1. The second-order valence-electron chi connectivity index (χ2n) is 6.25. The molecule has 126 valence electrons. The molecule has 1 amide bonds. The van der Waals surface area contributed by atoms with Crippen LogP contribution in [0.25, 0.3) is 0 Å². The first-order valence-corrected chi connectivity index (χ1v) is 8.25. The molecular formula is C18H26N2O3. The standard InChI is InChI=1S/C18H26N2O3/c1-4-23-18(22)15-5-6-16(13(2)11-15)19-17(21)12-14-7-9-20(3)10-8-14/h5-6,11,14H,4,7-10,12H2,1-3H3,(H,19,21). The van der Waals surface area contributed by atoms with E-state index in [9.17, 15) is 9.59 Å². The van der Waals surface area contributed by atoms with Gasteiger partial charge in [0.25, 0.3) is 0 Å². The van der Waals surface area contributed by atoms with E-state index in [2.05, 4.69) is 17.3 Å². The fourth-order valence-electron chi connectivity index (χ4n) is 2.87. The number of hydrogen-bond donors (Lipinski definition) is 1. The van der Waals surface area contributed by atoms with Gasteiger partial charge in [-0.15, -0.1) is 0 Å². The zero-order valence-corrected chi connectivity index (χ0v) is 14.2. The van der Waals surface area contributed by atoms with E-state index < -0.39 is 0 Å². The summed E-state index contributed by atoms with van der Waals surface area (Å²) >= 11 is 0. The van der Waals surface area contributed by atoms with Gasteiger partial charge in [-0.2, -0.15) is 0 Å². The van der Waals surface area contributed by atoms with Crippen molar-refractivity contribution in [2.24, 2.45) is 5.92 Å². The SMILES string of the molecule is CCOC(=O)c1ccc(NC(=O)CC2CCN(C)CC2)c(C)c1. The van der Waals surface area contributed by atoms with Crippen LogP contribution in [0, 0.1) is 12.8 Å². The first-order chi connectivity index (χ1) is 11.0. The molecule has 1 aliphatic rings. The molecule has 23 heavy (non-hydrogen) atoms. The molecule has 0 unspecified atom stereocenters. The van der Waals surface area contributed by atoms with Gasteiger partial charge >= 0.3 is 5.97 Å². The van der Waals surface area contributed by atoms with Crippen molar-refractivity contribution < 1.29 is 14.3 Å². The molecule has 5 nitrogen and oxygen atoms in total. The summed E-state index contributed by atoms with van der Waals surface area (Å²) < 4.78 is 4.98. The molecule has 0 saturated carbocycles. The molecule has 1 saturated heterocycles. The van der Waals surface area contributed by atoms with Gasteiger partial charge in [-0.3, -0.25) is 4.79 Å². The van der Waals surface area contributed by atoms with Gasteiger partial charge in [-0.1, -0.05) is 0 Å². The summed E-state index contributed by atoms with van der Waals surface area (Å²) in [5.41, 5.74) is 2.14. The van der Waals surface area contributed by atoms with E-state index in [0.29, 0.717) is 24.5 Å². The van der Waals surface area contributed by atoms with E-state index in [4.69, 9.17) is 4.74 Å². The van der Waals surface area contributed by atoms with Crippen molar-refractivity contribution >= 4 is 17.6 Å². The van der Waals surface area contributed by atoms with E-state index >= 15 is 0 Å². The summed E-state index contributed by atoms with van der Waals surface area (Å²) in [5.74, 6) is 0.177. The molecule has 0 spiro atoms. The average molecular weight is 318 g/mol. The first-order valence-electron chi connectivity index (χ1n) is 8.25. The van der Waals surface area contributed by atoms with Gasteiger partial charge < -0.3 is 15.0 Å². The van der Waals surface area contributed by atoms with Crippen molar-refractivity contribution in [1.29, 1.82) is 0 Å². The monoisotopic (exact) mass is 318 g/mol. The maximum absolute atomic E-state index is 12.2. The van der Waals surface area contributed by atoms with Gasteiger partial charge in [0.15, 0.2) is 0 Å². The van der Waals surface area contributed by atoms with Gasteiger partial charge in [-0.05, 0) is 76.5 Å². The van der Waals surface area contributed by atoms with Crippen molar-refractivity contribution in [3.63, 3.8) is 0 Å².